The lowest BCUT2D eigenvalue weighted by atomic mass is 10.2. The minimum absolute atomic E-state index is 0.0569. The van der Waals surface area contributed by atoms with E-state index in [0.29, 0.717) is 0 Å². The molecule has 2 unspecified atom stereocenters. The van der Waals surface area contributed by atoms with Crippen molar-refractivity contribution >= 4 is 6.16 Å². The van der Waals surface area contributed by atoms with Gasteiger partial charge < -0.3 is 9.47 Å². The maximum atomic E-state index is 12.7. The SMILES string of the molecule is CC(OC(=O)OC(C)C(F)(F)C(F)(F)F)C(F)(F)C(F)(F)F. The summed E-state index contributed by atoms with van der Waals surface area (Å²) in [6.45, 7) is 0.114. The molecule has 0 amide bonds. The van der Waals surface area contributed by atoms with E-state index >= 15 is 0 Å². The molecule has 0 aromatic rings. The number of halogens is 10. The van der Waals surface area contributed by atoms with E-state index in [0.717, 1.165) is 0 Å². The van der Waals surface area contributed by atoms with E-state index < -0.39 is 42.6 Å². The molecule has 0 rings (SSSR count). The minimum atomic E-state index is -6.13. The zero-order valence-corrected chi connectivity index (χ0v) is 10.7. The molecule has 0 fully saturated rings. The van der Waals surface area contributed by atoms with E-state index in [1.54, 1.807) is 0 Å². The van der Waals surface area contributed by atoms with Gasteiger partial charge in [0.05, 0.1) is 0 Å². The van der Waals surface area contributed by atoms with Gasteiger partial charge in [-0.2, -0.15) is 43.9 Å². The summed E-state index contributed by atoms with van der Waals surface area (Å²) < 4.78 is 129. The van der Waals surface area contributed by atoms with Crippen LogP contribution in [0.2, 0.25) is 0 Å². The Morgan fingerprint density at radius 3 is 1.09 bits per heavy atom. The molecule has 0 aliphatic carbocycles. The Balaban J connectivity index is 4.85. The van der Waals surface area contributed by atoms with Crippen LogP contribution in [0, 0.1) is 0 Å². The fourth-order valence-corrected chi connectivity index (χ4v) is 0.925. The summed E-state index contributed by atoms with van der Waals surface area (Å²) in [7, 11) is 0. The second-order valence-electron chi connectivity index (χ2n) is 4.01. The summed E-state index contributed by atoms with van der Waals surface area (Å²) in [5, 5.41) is 0. The molecule has 0 aromatic heterocycles. The van der Waals surface area contributed by atoms with Crippen molar-refractivity contribution in [3.05, 3.63) is 0 Å². The Labute approximate surface area is 116 Å². The Hall–Kier alpha value is -1.43. The van der Waals surface area contributed by atoms with Crippen LogP contribution in [-0.2, 0) is 9.47 Å². The first-order valence-corrected chi connectivity index (χ1v) is 5.21. The molecule has 0 saturated carbocycles. The lowest BCUT2D eigenvalue weighted by Gasteiger charge is -2.28. The monoisotopic (exact) mass is 354 g/mol. The highest BCUT2D eigenvalue weighted by Gasteiger charge is 2.64. The topological polar surface area (TPSA) is 35.5 Å². The molecule has 0 saturated heterocycles. The van der Waals surface area contributed by atoms with Gasteiger partial charge in [-0.05, 0) is 13.8 Å². The summed E-state index contributed by atoms with van der Waals surface area (Å²) in [6, 6.07) is 0. The van der Waals surface area contributed by atoms with Gasteiger partial charge in [0.15, 0.2) is 12.2 Å². The molecule has 13 heteroatoms. The third kappa shape index (κ3) is 4.29. The molecule has 3 nitrogen and oxygen atoms in total. The van der Waals surface area contributed by atoms with Gasteiger partial charge in [-0.15, -0.1) is 0 Å². The van der Waals surface area contributed by atoms with Crippen molar-refractivity contribution in [3.8, 4) is 0 Å². The first-order chi connectivity index (χ1) is 9.44. The van der Waals surface area contributed by atoms with Crippen molar-refractivity contribution in [1.29, 1.82) is 0 Å². The van der Waals surface area contributed by atoms with E-state index in [1.165, 1.54) is 0 Å². The second-order valence-corrected chi connectivity index (χ2v) is 4.01. The second kappa shape index (κ2) is 5.99. The summed E-state index contributed by atoms with van der Waals surface area (Å²) in [5.41, 5.74) is 0. The Morgan fingerprint density at radius 1 is 0.682 bits per heavy atom. The number of alkyl halides is 10. The number of ether oxygens (including phenoxy) is 2. The molecule has 2 atom stereocenters. The number of carbonyl (C=O) groups excluding carboxylic acids is 1. The maximum Gasteiger partial charge on any atom is 0.509 e. The number of carbonyl (C=O) groups is 1. The van der Waals surface area contributed by atoms with E-state index in [4.69, 9.17) is 0 Å². The van der Waals surface area contributed by atoms with Gasteiger partial charge in [0.1, 0.15) is 0 Å². The van der Waals surface area contributed by atoms with Crippen LogP contribution in [0.15, 0.2) is 0 Å². The molecule has 22 heavy (non-hydrogen) atoms. The minimum Gasteiger partial charge on any atom is -0.424 e. The fourth-order valence-electron chi connectivity index (χ4n) is 0.925. The molecule has 0 radical (unpaired) electrons. The first kappa shape index (κ1) is 20.6. The molecular formula is C9H8F10O3. The molecule has 132 valence electrons. The van der Waals surface area contributed by atoms with Crippen LogP contribution in [-0.4, -0.2) is 42.6 Å². The van der Waals surface area contributed by atoms with E-state index in [-0.39, 0.29) is 13.8 Å². The Kier molecular flexibility index (Phi) is 5.60. The molecular weight excluding hydrogens is 346 g/mol. The van der Waals surface area contributed by atoms with Crippen LogP contribution in [0.5, 0.6) is 0 Å². The third-order valence-corrected chi connectivity index (χ3v) is 2.32. The van der Waals surface area contributed by atoms with E-state index in [9.17, 15) is 48.7 Å². The van der Waals surface area contributed by atoms with Crippen molar-refractivity contribution in [2.75, 3.05) is 0 Å². The lowest BCUT2D eigenvalue weighted by molar-refractivity contribution is -0.319. The van der Waals surface area contributed by atoms with Gasteiger partial charge >= 0.3 is 30.4 Å². The highest BCUT2D eigenvalue weighted by molar-refractivity contribution is 5.60. The smallest absolute Gasteiger partial charge is 0.424 e. The Morgan fingerprint density at radius 2 is 0.909 bits per heavy atom. The maximum absolute atomic E-state index is 12.7. The van der Waals surface area contributed by atoms with Crippen LogP contribution >= 0.6 is 0 Å². The van der Waals surface area contributed by atoms with Crippen molar-refractivity contribution in [3.63, 3.8) is 0 Å². The molecule has 0 spiro atoms. The highest BCUT2D eigenvalue weighted by atomic mass is 19.4. The number of hydrogen-bond acceptors (Lipinski definition) is 3. The average molecular weight is 354 g/mol. The first-order valence-electron chi connectivity index (χ1n) is 5.21. The highest BCUT2D eigenvalue weighted by Crippen LogP contribution is 2.41. The molecule has 0 aliphatic heterocycles. The van der Waals surface area contributed by atoms with Crippen molar-refractivity contribution < 1.29 is 58.2 Å². The van der Waals surface area contributed by atoms with Gasteiger partial charge in [-0.25, -0.2) is 4.79 Å². The van der Waals surface area contributed by atoms with Gasteiger partial charge in [0, 0.05) is 0 Å². The van der Waals surface area contributed by atoms with Gasteiger partial charge in [-0.3, -0.25) is 0 Å². The zero-order valence-electron chi connectivity index (χ0n) is 10.7. The van der Waals surface area contributed by atoms with Crippen LogP contribution in [0.1, 0.15) is 13.8 Å². The van der Waals surface area contributed by atoms with Crippen molar-refractivity contribution in [2.45, 2.75) is 50.3 Å². The molecule has 0 aliphatic rings. The van der Waals surface area contributed by atoms with Crippen LogP contribution in [0.3, 0.4) is 0 Å². The predicted octanol–water partition coefficient (Wildman–Crippen LogP) is 4.31. The summed E-state index contributed by atoms with van der Waals surface area (Å²) >= 11 is 0. The predicted molar refractivity (Wildman–Crippen MR) is 48.5 cm³/mol. The van der Waals surface area contributed by atoms with Crippen molar-refractivity contribution in [2.24, 2.45) is 0 Å². The van der Waals surface area contributed by atoms with E-state index in [1.807, 2.05) is 0 Å². The Bertz CT molecular complexity index is 363. The quantitative estimate of drug-likeness (QED) is 0.558. The molecule has 0 aromatic carbocycles. The summed E-state index contributed by atoms with van der Waals surface area (Å²) in [4.78, 5) is 10.8. The van der Waals surface area contributed by atoms with E-state index in [2.05, 4.69) is 9.47 Å². The van der Waals surface area contributed by atoms with Crippen LogP contribution in [0.25, 0.3) is 0 Å². The third-order valence-electron chi connectivity index (χ3n) is 2.32. The normalized spacial score (nSPS) is 16.9. The standard InChI is InChI=1S/C9H8F10O3/c1-3(6(10,11)8(14,15)16)21-5(20)22-4(2)7(12,13)9(17,18)19/h3-4H,1-2H3. The average Bonchev–Trinajstić information content (AvgIpc) is 2.25. The molecule has 0 bridgehead atoms. The number of rotatable bonds is 4. The van der Waals surface area contributed by atoms with Crippen LogP contribution < -0.4 is 0 Å². The summed E-state index contributed by atoms with van der Waals surface area (Å²) in [6.07, 6.45) is -21.2. The molecule has 0 heterocycles. The van der Waals surface area contributed by atoms with Gasteiger partial charge in [-0.1, -0.05) is 0 Å². The largest absolute Gasteiger partial charge is 0.509 e. The van der Waals surface area contributed by atoms with Crippen LogP contribution in [0.4, 0.5) is 48.7 Å². The fraction of sp³-hybridized carbons (Fsp3) is 0.889. The lowest BCUT2D eigenvalue weighted by Crippen LogP contribution is -2.50. The van der Waals surface area contributed by atoms with Gasteiger partial charge in [0.2, 0.25) is 0 Å². The van der Waals surface area contributed by atoms with Crippen molar-refractivity contribution in [1.82, 2.24) is 0 Å². The van der Waals surface area contributed by atoms with Gasteiger partial charge in [0.25, 0.3) is 0 Å². The zero-order chi connectivity index (χ0) is 18.1. The molecule has 0 N–H and O–H groups in total. The number of hydrogen-bond donors (Lipinski definition) is 0. The summed E-state index contributed by atoms with van der Waals surface area (Å²) in [5.74, 6) is -11.1.